The van der Waals surface area contributed by atoms with Crippen molar-refractivity contribution in [1.82, 2.24) is 9.80 Å². The predicted octanol–water partition coefficient (Wildman–Crippen LogP) is 0.424. The molecular weight excluding hydrogens is 746 g/mol. The van der Waals surface area contributed by atoms with Crippen molar-refractivity contribution in [3.8, 4) is 17.2 Å². The topological polar surface area (TPSA) is 245 Å². The number of carbonyl (C=O) groups excluding carboxylic acids is 5. The number of nitrogens with zero attached hydrogens (tertiary/aromatic N) is 2. The van der Waals surface area contributed by atoms with E-state index in [4.69, 9.17) is 29.4 Å². The van der Waals surface area contributed by atoms with Crippen molar-refractivity contribution in [1.29, 1.82) is 0 Å². The van der Waals surface area contributed by atoms with E-state index in [0.717, 1.165) is 0 Å². The van der Waals surface area contributed by atoms with E-state index < -0.39 is 125 Å². The molecule has 0 radical (unpaired) electrons. The number of phenolic OH excluding ortho intramolecular Hbond substituents is 2. The monoisotopic (exact) mass is 793 g/mol. The number of aliphatic hydroxyl groups is 2. The highest BCUT2D eigenvalue weighted by Crippen LogP contribution is 2.55. The number of aromatic hydroxyl groups is 2. The second kappa shape index (κ2) is 14.7. The highest BCUT2D eigenvalue weighted by atomic mass is 16.7. The molecule has 17 nitrogen and oxygen atoms in total. The number of likely N-dealkylation sites (N-methyl/N-ethyl adjacent to an activating group) is 1. The van der Waals surface area contributed by atoms with Gasteiger partial charge in [0.05, 0.1) is 66.2 Å². The van der Waals surface area contributed by atoms with E-state index in [9.17, 15) is 44.4 Å². The molecule has 4 unspecified atom stereocenters. The summed E-state index contributed by atoms with van der Waals surface area (Å²) in [6.07, 6.45) is -4.61. The maximum absolute atomic E-state index is 14.2. The first-order valence-electron chi connectivity index (χ1n) is 19.3. The van der Waals surface area contributed by atoms with Crippen molar-refractivity contribution in [2.75, 3.05) is 46.9 Å². The van der Waals surface area contributed by atoms with Crippen molar-refractivity contribution in [3.63, 3.8) is 0 Å². The zero-order chi connectivity index (χ0) is 40.7. The molecule has 57 heavy (non-hydrogen) atoms. The molecule has 2 aliphatic carbocycles. The lowest BCUT2D eigenvalue weighted by Crippen LogP contribution is -2.53. The van der Waals surface area contributed by atoms with Crippen LogP contribution in [0, 0.1) is 11.8 Å². The Kier molecular flexibility index (Phi) is 10.2. The number of Topliss-reactive ketones (excluding diaryl/α,β-unsaturated/α-hetero) is 1. The van der Waals surface area contributed by atoms with Gasteiger partial charge in [0.15, 0.2) is 24.3 Å². The van der Waals surface area contributed by atoms with Crippen LogP contribution in [0.4, 0.5) is 0 Å². The standard InChI is InChI=1S/C40H47N3O14/c1-17-33(45)19(41)15-25(55-17)57-23-9-10-40(52,32-29(23)36(48)31-30(37(32)49)34(46)18-5-4-6-20(53-3)26(18)35(31)47)24(44)16-54-39(51)28-22-8-7-21(56-22)27(28)38(50)43-13-11-42(2)12-14-43/h4-6,17,19,21-23,25,27-28,33,45,48-49,52H,7-16,41H2,1-3H3/t17-,19-,21?,22?,23-,25-,27?,28?,33+,40-/m0/s1. The maximum Gasteiger partial charge on any atom is 0.312 e. The van der Waals surface area contributed by atoms with Crippen LogP contribution < -0.4 is 10.5 Å². The molecule has 2 bridgehead atoms. The van der Waals surface area contributed by atoms with Gasteiger partial charge < -0.3 is 59.6 Å². The average molecular weight is 794 g/mol. The van der Waals surface area contributed by atoms with Crippen molar-refractivity contribution in [3.05, 3.63) is 51.6 Å². The van der Waals surface area contributed by atoms with Crippen LogP contribution in [-0.4, -0.2) is 143 Å². The van der Waals surface area contributed by atoms with Gasteiger partial charge in [-0.1, -0.05) is 12.1 Å². The van der Waals surface area contributed by atoms with Gasteiger partial charge in [0.1, 0.15) is 17.2 Å². The minimum Gasteiger partial charge on any atom is -0.507 e. The summed E-state index contributed by atoms with van der Waals surface area (Å²) in [5, 5.41) is 46.7. The number of nitrogens with two attached hydrogens (primary N) is 1. The Morgan fingerprint density at radius 3 is 2.32 bits per heavy atom. The molecule has 0 aromatic heterocycles. The average Bonchev–Trinajstić information content (AvgIpc) is 3.82. The summed E-state index contributed by atoms with van der Waals surface area (Å²) in [4.78, 5) is 73.7. The molecule has 17 heteroatoms. The van der Waals surface area contributed by atoms with E-state index in [1.165, 1.54) is 25.3 Å². The molecule has 2 aromatic rings. The summed E-state index contributed by atoms with van der Waals surface area (Å²) in [7, 11) is 3.26. The Hall–Kier alpha value is -4.49. The Morgan fingerprint density at radius 2 is 1.63 bits per heavy atom. The van der Waals surface area contributed by atoms with Crippen LogP contribution in [0.1, 0.15) is 88.1 Å². The number of methoxy groups -OCH3 is 1. The fraction of sp³-hybridized carbons (Fsp3) is 0.575. The van der Waals surface area contributed by atoms with Gasteiger partial charge in [-0.15, -0.1) is 0 Å². The summed E-state index contributed by atoms with van der Waals surface area (Å²) in [6.45, 7) is 2.94. The number of fused-ring (bicyclic) bond motifs is 5. The van der Waals surface area contributed by atoms with Crippen LogP contribution in [0.15, 0.2) is 18.2 Å². The van der Waals surface area contributed by atoms with Gasteiger partial charge in [-0.05, 0) is 45.7 Å². The van der Waals surface area contributed by atoms with Gasteiger partial charge in [-0.3, -0.25) is 24.0 Å². The van der Waals surface area contributed by atoms with Gasteiger partial charge in [0.25, 0.3) is 0 Å². The molecule has 6 N–H and O–H groups in total. The lowest BCUT2D eigenvalue weighted by atomic mass is 9.70. The number of amides is 1. The minimum atomic E-state index is -2.67. The zero-order valence-electron chi connectivity index (χ0n) is 31.8. The van der Waals surface area contributed by atoms with Crippen molar-refractivity contribution >= 4 is 29.2 Å². The van der Waals surface area contributed by atoms with Crippen LogP contribution in [0.25, 0.3) is 0 Å². The second-order valence-electron chi connectivity index (χ2n) is 16.0. The number of carbonyl (C=O) groups is 5. The molecule has 4 aliphatic heterocycles. The van der Waals surface area contributed by atoms with Crippen LogP contribution >= 0.6 is 0 Å². The van der Waals surface area contributed by atoms with Gasteiger partial charge in [-0.2, -0.15) is 0 Å². The summed E-state index contributed by atoms with van der Waals surface area (Å²) in [6, 6.07) is 3.53. The Morgan fingerprint density at radius 1 is 0.947 bits per heavy atom. The van der Waals surface area contributed by atoms with Crippen LogP contribution in [0.2, 0.25) is 0 Å². The second-order valence-corrected chi connectivity index (χ2v) is 16.0. The number of rotatable bonds is 8. The summed E-state index contributed by atoms with van der Waals surface area (Å²) >= 11 is 0. The third-order valence-electron chi connectivity index (χ3n) is 12.7. The van der Waals surface area contributed by atoms with Crippen LogP contribution in [0.5, 0.6) is 17.2 Å². The number of phenols is 2. The fourth-order valence-corrected chi connectivity index (χ4v) is 9.56. The number of ketones is 3. The van der Waals surface area contributed by atoms with E-state index in [1.54, 1.807) is 11.8 Å². The SMILES string of the molecule is COc1cccc2c1C(=O)c1c(O)c3c(c(O)c1C2=O)[C@@](O)(C(=O)COC(=O)C1C2CCC(O2)C1C(=O)N1CCN(C)CC1)CC[C@@H]3O[C@H]1C[C@H](N)[C@H](O)[C@H](C)O1. The number of aliphatic hydroxyl groups excluding tert-OH is 1. The largest absolute Gasteiger partial charge is 0.507 e. The molecule has 1 amide bonds. The van der Waals surface area contributed by atoms with E-state index in [0.29, 0.717) is 39.0 Å². The molecule has 4 fully saturated rings. The number of hydrogen-bond acceptors (Lipinski definition) is 16. The summed E-state index contributed by atoms with van der Waals surface area (Å²) in [5.74, 6) is -7.41. The quantitative estimate of drug-likeness (QED) is 0.153. The third-order valence-corrected chi connectivity index (χ3v) is 12.7. The van der Waals surface area contributed by atoms with E-state index >= 15 is 0 Å². The van der Waals surface area contributed by atoms with Gasteiger partial charge in [-0.25, -0.2) is 0 Å². The number of ether oxygens (including phenoxy) is 5. The molecule has 306 valence electrons. The first-order valence-corrected chi connectivity index (χ1v) is 19.3. The highest BCUT2D eigenvalue weighted by Gasteiger charge is 2.58. The van der Waals surface area contributed by atoms with Gasteiger partial charge >= 0.3 is 5.97 Å². The van der Waals surface area contributed by atoms with Crippen LogP contribution in [-0.2, 0) is 38.9 Å². The molecule has 2 aromatic carbocycles. The molecule has 4 saturated heterocycles. The van der Waals surface area contributed by atoms with E-state index in [2.05, 4.69) is 4.90 Å². The summed E-state index contributed by atoms with van der Waals surface area (Å²) < 4.78 is 29.0. The third kappa shape index (κ3) is 6.31. The van der Waals surface area contributed by atoms with Gasteiger partial charge in [0, 0.05) is 55.3 Å². The molecule has 8 rings (SSSR count). The normalized spacial score (nSPS) is 33.4. The lowest BCUT2D eigenvalue weighted by molar-refractivity contribution is -0.244. The predicted molar refractivity (Wildman–Crippen MR) is 194 cm³/mol. The lowest BCUT2D eigenvalue weighted by Gasteiger charge is -2.42. The Labute approximate surface area is 327 Å². The molecular formula is C40H47N3O14. The molecule has 4 heterocycles. The molecule has 0 spiro atoms. The smallest absolute Gasteiger partial charge is 0.312 e. The Balaban J connectivity index is 1.13. The van der Waals surface area contributed by atoms with Crippen LogP contribution in [0.3, 0.4) is 0 Å². The molecule has 6 aliphatic rings. The molecule has 0 saturated carbocycles. The number of hydrogen-bond donors (Lipinski definition) is 5. The van der Waals surface area contributed by atoms with Gasteiger partial charge in [0.2, 0.25) is 17.5 Å². The molecule has 10 atom stereocenters. The van der Waals surface area contributed by atoms with Crippen molar-refractivity contribution in [2.24, 2.45) is 17.6 Å². The van der Waals surface area contributed by atoms with E-state index in [1.807, 2.05) is 7.05 Å². The first-order chi connectivity index (χ1) is 27.2. The highest BCUT2D eigenvalue weighted by molar-refractivity contribution is 6.31. The zero-order valence-corrected chi connectivity index (χ0v) is 31.8. The van der Waals surface area contributed by atoms with Crippen molar-refractivity contribution < 1.29 is 68.1 Å². The fourth-order valence-electron chi connectivity index (χ4n) is 9.56. The summed E-state index contributed by atoms with van der Waals surface area (Å²) in [5.41, 5.74) is 1.00. The number of piperazine rings is 1. The first kappa shape index (κ1) is 39.3. The Bertz CT molecular complexity index is 2020. The van der Waals surface area contributed by atoms with Crippen molar-refractivity contribution in [2.45, 2.75) is 87.5 Å². The van der Waals surface area contributed by atoms with E-state index in [-0.39, 0.29) is 41.2 Å². The number of esters is 1. The minimum absolute atomic E-state index is 0.0151. The number of benzene rings is 2. The maximum atomic E-state index is 14.2.